The van der Waals surface area contributed by atoms with Crippen LogP contribution in [0.25, 0.3) is 6.08 Å². The molecule has 0 fully saturated rings. The predicted molar refractivity (Wildman–Crippen MR) is 107 cm³/mol. The Kier molecular flexibility index (Phi) is 6.49. The van der Waals surface area contributed by atoms with Crippen molar-refractivity contribution in [2.45, 2.75) is 26.9 Å². The summed E-state index contributed by atoms with van der Waals surface area (Å²) in [5, 5.41) is 9.67. The van der Waals surface area contributed by atoms with Crippen LogP contribution in [-0.2, 0) is 22.6 Å². The molecule has 2 heterocycles. The molecular formula is C19H19Cl2N5O2. The highest BCUT2D eigenvalue weighted by Gasteiger charge is 2.13. The van der Waals surface area contributed by atoms with Gasteiger partial charge >= 0.3 is 5.97 Å². The quantitative estimate of drug-likeness (QED) is 0.431. The van der Waals surface area contributed by atoms with Gasteiger partial charge in [-0.25, -0.2) is 14.5 Å². The van der Waals surface area contributed by atoms with Crippen LogP contribution in [0.15, 0.2) is 36.9 Å². The number of rotatable bonds is 7. The lowest BCUT2D eigenvalue weighted by Crippen LogP contribution is -2.09. The number of hydrogen-bond acceptors (Lipinski definition) is 5. The number of aromatic nitrogens is 5. The van der Waals surface area contributed by atoms with E-state index < -0.39 is 5.97 Å². The summed E-state index contributed by atoms with van der Waals surface area (Å²) in [4.78, 5) is 15.8. The van der Waals surface area contributed by atoms with E-state index in [9.17, 15) is 4.79 Å². The van der Waals surface area contributed by atoms with E-state index >= 15 is 0 Å². The fourth-order valence-corrected chi connectivity index (χ4v) is 3.24. The lowest BCUT2D eigenvalue weighted by molar-refractivity contribution is -0.138. The summed E-state index contributed by atoms with van der Waals surface area (Å²) < 4.78 is 8.58. The summed E-state index contributed by atoms with van der Waals surface area (Å²) in [6.07, 6.45) is 6.10. The zero-order valence-corrected chi connectivity index (χ0v) is 17.0. The van der Waals surface area contributed by atoms with E-state index in [-0.39, 0.29) is 6.61 Å². The summed E-state index contributed by atoms with van der Waals surface area (Å²) in [7, 11) is 0. The second kappa shape index (κ2) is 9.03. The van der Waals surface area contributed by atoms with Gasteiger partial charge < -0.3 is 4.74 Å². The van der Waals surface area contributed by atoms with Crippen molar-refractivity contribution in [3.05, 3.63) is 69.5 Å². The van der Waals surface area contributed by atoms with Crippen LogP contribution in [0.3, 0.4) is 0 Å². The van der Waals surface area contributed by atoms with Crippen molar-refractivity contribution in [3.63, 3.8) is 0 Å². The third-order valence-corrected chi connectivity index (χ3v) is 4.93. The molecule has 0 spiro atoms. The highest BCUT2D eigenvalue weighted by Crippen LogP contribution is 2.26. The fourth-order valence-electron chi connectivity index (χ4n) is 2.73. The molecule has 3 aromatic rings. The molecule has 0 aliphatic rings. The predicted octanol–water partition coefficient (Wildman–Crippen LogP) is 3.70. The van der Waals surface area contributed by atoms with Crippen LogP contribution in [-0.4, -0.2) is 37.1 Å². The van der Waals surface area contributed by atoms with Crippen molar-refractivity contribution in [1.82, 2.24) is 24.5 Å². The molecular weight excluding hydrogens is 401 g/mol. The minimum atomic E-state index is -0.430. The summed E-state index contributed by atoms with van der Waals surface area (Å²) in [5.74, 6) is -0.430. The molecule has 146 valence electrons. The SMILES string of the molecule is Cc1nn(Cc2c(Cl)cccc2Cl)c(C)c1/C=C/C(=O)OCCn1cncn1. The third-order valence-electron chi connectivity index (χ3n) is 4.22. The van der Waals surface area contributed by atoms with Gasteiger partial charge in [0.1, 0.15) is 19.3 Å². The molecule has 2 aromatic heterocycles. The average molecular weight is 420 g/mol. The number of nitrogens with zero attached hydrogens (tertiary/aromatic N) is 5. The van der Waals surface area contributed by atoms with E-state index in [1.54, 1.807) is 35.3 Å². The Bertz CT molecular complexity index is 976. The molecule has 0 aliphatic heterocycles. The van der Waals surface area contributed by atoms with Gasteiger partial charge in [-0.2, -0.15) is 10.2 Å². The monoisotopic (exact) mass is 419 g/mol. The number of aryl methyl sites for hydroxylation is 1. The van der Waals surface area contributed by atoms with Crippen molar-refractivity contribution in [3.8, 4) is 0 Å². The molecule has 0 aliphatic carbocycles. The summed E-state index contributed by atoms with van der Waals surface area (Å²) >= 11 is 12.5. The van der Waals surface area contributed by atoms with Crippen LogP contribution < -0.4 is 0 Å². The van der Waals surface area contributed by atoms with E-state index in [1.165, 1.54) is 12.4 Å². The van der Waals surface area contributed by atoms with Gasteiger partial charge in [0.25, 0.3) is 0 Å². The number of ether oxygens (including phenoxy) is 1. The van der Waals surface area contributed by atoms with Crippen LogP contribution >= 0.6 is 23.2 Å². The first-order chi connectivity index (χ1) is 13.5. The number of benzene rings is 1. The minimum Gasteiger partial charge on any atom is -0.461 e. The van der Waals surface area contributed by atoms with E-state index in [1.807, 2.05) is 18.5 Å². The lowest BCUT2D eigenvalue weighted by atomic mass is 10.1. The highest BCUT2D eigenvalue weighted by molar-refractivity contribution is 6.35. The van der Waals surface area contributed by atoms with E-state index in [4.69, 9.17) is 27.9 Å². The maximum atomic E-state index is 11.9. The van der Waals surface area contributed by atoms with Crippen LogP contribution in [0.2, 0.25) is 10.0 Å². The molecule has 0 bridgehead atoms. The molecule has 0 saturated heterocycles. The number of esters is 1. The molecule has 9 heteroatoms. The first-order valence-corrected chi connectivity index (χ1v) is 9.35. The van der Waals surface area contributed by atoms with E-state index in [0.29, 0.717) is 23.1 Å². The molecule has 0 atom stereocenters. The Balaban J connectivity index is 1.66. The largest absolute Gasteiger partial charge is 0.461 e. The Morgan fingerprint density at radius 2 is 2.00 bits per heavy atom. The van der Waals surface area contributed by atoms with Crippen molar-refractivity contribution in [2.24, 2.45) is 0 Å². The first-order valence-electron chi connectivity index (χ1n) is 8.60. The Morgan fingerprint density at radius 1 is 1.25 bits per heavy atom. The third kappa shape index (κ3) is 4.79. The molecule has 3 rings (SSSR count). The van der Waals surface area contributed by atoms with Crippen LogP contribution in [0.5, 0.6) is 0 Å². The average Bonchev–Trinajstić information content (AvgIpc) is 3.25. The van der Waals surface area contributed by atoms with Crippen LogP contribution in [0.1, 0.15) is 22.5 Å². The van der Waals surface area contributed by atoms with Crippen LogP contribution in [0, 0.1) is 13.8 Å². The molecule has 28 heavy (non-hydrogen) atoms. The number of carbonyl (C=O) groups excluding carboxylic acids is 1. The van der Waals surface area contributed by atoms with Crippen molar-refractivity contribution in [1.29, 1.82) is 0 Å². The van der Waals surface area contributed by atoms with Gasteiger partial charge in [-0.1, -0.05) is 29.3 Å². The fraction of sp³-hybridized carbons (Fsp3) is 0.263. The molecule has 7 nitrogen and oxygen atoms in total. The number of carbonyl (C=O) groups is 1. The zero-order valence-electron chi connectivity index (χ0n) is 15.5. The minimum absolute atomic E-state index is 0.217. The van der Waals surface area contributed by atoms with E-state index in [0.717, 1.165) is 22.5 Å². The van der Waals surface area contributed by atoms with Gasteiger partial charge in [-0.3, -0.25) is 4.68 Å². The standard InChI is InChI=1S/C19H19Cl2N5O2/c1-13-15(6-7-19(27)28-9-8-25-12-22-11-23-25)14(2)26(24-13)10-16-17(20)4-3-5-18(16)21/h3-7,11-12H,8-10H2,1-2H3/b7-6+. The van der Waals surface area contributed by atoms with Gasteiger partial charge in [0.15, 0.2) is 0 Å². The molecule has 0 N–H and O–H groups in total. The molecule has 0 unspecified atom stereocenters. The second-order valence-corrected chi connectivity index (χ2v) is 6.92. The zero-order chi connectivity index (χ0) is 20.1. The number of halogens is 2. The summed E-state index contributed by atoms with van der Waals surface area (Å²) in [6, 6.07) is 5.40. The van der Waals surface area contributed by atoms with Gasteiger partial charge in [-0.15, -0.1) is 0 Å². The Morgan fingerprint density at radius 3 is 2.68 bits per heavy atom. The lowest BCUT2D eigenvalue weighted by Gasteiger charge is -2.09. The molecule has 0 saturated carbocycles. The Hall–Kier alpha value is -2.64. The van der Waals surface area contributed by atoms with Crippen molar-refractivity contribution >= 4 is 35.2 Å². The van der Waals surface area contributed by atoms with Crippen LogP contribution in [0.4, 0.5) is 0 Å². The molecule has 1 aromatic carbocycles. The second-order valence-electron chi connectivity index (χ2n) is 6.10. The highest BCUT2D eigenvalue weighted by atomic mass is 35.5. The molecule has 0 amide bonds. The summed E-state index contributed by atoms with van der Waals surface area (Å²) in [6.45, 7) is 4.93. The van der Waals surface area contributed by atoms with Gasteiger partial charge in [0.2, 0.25) is 0 Å². The first kappa shape index (κ1) is 20.1. The number of hydrogen-bond donors (Lipinski definition) is 0. The van der Waals surface area contributed by atoms with Gasteiger partial charge in [0.05, 0.1) is 18.8 Å². The van der Waals surface area contributed by atoms with Crippen molar-refractivity contribution < 1.29 is 9.53 Å². The van der Waals surface area contributed by atoms with Crippen molar-refractivity contribution in [2.75, 3.05) is 6.61 Å². The smallest absolute Gasteiger partial charge is 0.330 e. The van der Waals surface area contributed by atoms with Gasteiger partial charge in [0, 0.05) is 32.9 Å². The topological polar surface area (TPSA) is 74.8 Å². The van der Waals surface area contributed by atoms with E-state index in [2.05, 4.69) is 15.2 Å². The summed E-state index contributed by atoms with van der Waals surface area (Å²) in [5.41, 5.74) is 3.36. The maximum absolute atomic E-state index is 11.9. The Labute approximate surface area is 172 Å². The maximum Gasteiger partial charge on any atom is 0.330 e. The molecule has 0 radical (unpaired) electrons. The van der Waals surface area contributed by atoms with Gasteiger partial charge in [-0.05, 0) is 32.1 Å². The normalized spacial score (nSPS) is 11.3.